The molecule has 4 heterocycles. The molecule has 0 bridgehead atoms. The van der Waals surface area contributed by atoms with E-state index in [4.69, 9.17) is 9.15 Å². The van der Waals surface area contributed by atoms with Crippen molar-refractivity contribution >= 4 is 22.7 Å². The number of nitrogens with zero attached hydrogens (tertiary/aromatic N) is 6. The molecule has 0 atom stereocenters. The number of methoxy groups -OCH3 is 1. The molecule has 0 aliphatic carbocycles. The van der Waals surface area contributed by atoms with Crippen molar-refractivity contribution in [2.75, 3.05) is 38.2 Å². The Labute approximate surface area is 191 Å². The second-order valence-corrected chi connectivity index (χ2v) is 8.19. The fraction of sp³-hybridized carbons (Fsp3) is 0.333. The number of anilines is 1. The Kier molecular flexibility index (Phi) is 5.24. The summed E-state index contributed by atoms with van der Waals surface area (Å²) in [5.41, 5.74) is 2.62. The van der Waals surface area contributed by atoms with Crippen LogP contribution >= 0.6 is 0 Å². The number of hydrogen-bond acceptors (Lipinski definition) is 7. The van der Waals surface area contributed by atoms with Gasteiger partial charge in [0.1, 0.15) is 23.8 Å². The van der Waals surface area contributed by atoms with Crippen LogP contribution in [0.5, 0.6) is 5.75 Å². The maximum Gasteiger partial charge on any atom is 0.289 e. The summed E-state index contributed by atoms with van der Waals surface area (Å²) in [6.45, 7) is 8.40. The zero-order valence-electron chi connectivity index (χ0n) is 19.2. The number of hydrogen-bond donors (Lipinski definition) is 0. The Morgan fingerprint density at radius 3 is 2.48 bits per heavy atom. The van der Waals surface area contributed by atoms with Crippen molar-refractivity contribution in [1.29, 1.82) is 0 Å². The number of aromatic nitrogens is 4. The highest BCUT2D eigenvalue weighted by Crippen LogP contribution is 2.29. The minimum atomic E-state index is -0.114. The highest BCUT2D eigenvalue weighted by molar-refractivity contribution is 5.97. The van der Waals surface area contributed by atoms with Gasteiger partial charge in [0.2, 0.25) is 0 Å². The van der Waals surface area contributed by atoms with Gasteiger partial charge in [-0.15, -0.1) is 0 Å². The van der Waals surface area contributed by atoms with Gasteiger partial charge in [-0.25, -0.2) is 15.0 Å². The summed E-state index contributed by atoms with van der Waals surface area (Å²) in [4.78, 5) is 30.7. The average molecular weight is 447 g/mol. The second kappa shape index (κ2) is 8.23. The lowest BCUT2D eigenvalue weighted by Crippen LogP contribution is -2.49. The number of carbonyl (C=O) groups is 1. The van der Waals surface area contributed by atoms with Crippen LogP contribution in [-0.4, -0.2) is 63.6 Å². The molecule has 5 rings (SSSR count). The quantitative estimate of drug-likeness (QED) is 0.475. The van der Waals surface area contributed by atoms with Crippen LogP contribution in [0.15, 0.2) is 41.1 Å². The second-order valence-electron chi connectivity index (χ2n) is 8.19. The number of carbonyl (C=O) groups excluding carboxylic acids is 1. The Balaban J connectivity index is 1.32. The van der Waals surface area contributed by atoms with Gasteiger partial charge in [0.25, 0.3) is 5.91 Å². The molecule has 33 heavy (non-hydrogen) atoms. The number of furan rings is 1. The van der Waals surface area contributed by atoms with E-state index in [9.17, 15) is 4.79 Å². The minimum Gasteiger partial charge on any atom is -0.493 e. The molecule has 9 heteroatoms. The highest BCUT2D eigenvalue weighted by Gasteiger charge is 2.26. The highest BCUT2D eigenvalue weighted by atomic mass is 16.5. The van der Waals surface area contributed by atoms with E-state index >= 15 is 0 Å². The third-order valence-electron chi connectivity index (χ3n) is 6.14. The Hall–Kier alpha value is -3.88. The van der Waals surface area contributed by atoms with E-state index in [1.165, 1.54) is 0 Å². The Morgan fingerprint density at radius 2 is 1.79 bits per heavy atom. The third kappa shape index (κ3) is 3.79. The molecule has 0 radical (unpaired) electrons. The van der Waals surface area contributed by atoms with E-state index in [1.54, 1.807) is 19.5 Å². The Morgan fingerprint density at radius 1 is 1.03 bits per heavy atom. The summed E-state index contributed by atoms with van der Waals surface area (Å²) in [5.74, 6) is 3.18. The lowest BCUT2D eigenvalue weighted by atomic mass is 10.2. The summed E-state index contributed by atoms with van der Waals surface area (Å²) in [7, 11) is 1.59. The van der Waals surface area contributed by atoms with E-state index < -0.39 is 0 Å². The first-order chi connectivity index (χ1) is 15.9. The molecule has 1 aliphatic rings. The van der Waals surface area contributed by atoms with Gasteiger partial charge in [-0.1, -0.05) is 12.1 Å². The van der Waals surface area contributed by atoms with Crippen LogP contribution in [0.3, 0.4) is 0 Å². The van der Waals surface area contributed by atoms with Crippen molar-refractivity contribution in [3.05, 3.63) is 59.6 Å². The number of amides is 1. The lowest BCUT2D eigenvalue weighted by molar-refractivity contribution is 0.0716. The van der Waals surface area contributed by atoms with Crippen molar-refractivity contribution in [1.82, 2.24) is 24.4 Å². The summed E-state index contributed by atoms with van der Waals surface area (Å²) >= 11 is 0. The van der Waals surface area contributed by atoms with Gasteiger partial charge in [0, 0.05) is 43.3 Å². The van der Waals surface area contributed by atoms with Crippen LogP contribution in [0.4, 0.5) is 5.82 Å². The topological polar surface area (TPSA) is 89.5 Å². The zero-order valence-corrected chi connectivity index (χ0v) is 19.2. The maximum absolute atomic E-state index is 13.1. The number of rotatable bonds is 4. The van der Waals surface area contributed by atoms with Crippen LogP contribution in [0.25, 0.3) is 16.8 Å². The molecular weight excluding hydrogens is 420 g/mol. The first-order valence-electron chi connectivity index (χ1n) is 10.9. The molecule has 0 unspecified atom stereocenters. The average Bonchev–Trinajstić information content (AvgIpc) is 3.41. The molecule has 0 saturated carbocycles. The van der Waals surface area contributed by atoms with Crippen LogP contribution in [0.2, 0.25) is 0 Å². The molecular formula is C24H26N6O3. The van der Waals surface area contributed by atoms with Gasteiger partial charge in [0.05, 0.1) is 12.8 Å². The molecule has 1 amide bonds. The van der Waals surface area contributed by atoms with Crippen LogP contribution in [0, 0.1) is 20.8 Å². The largest absolute Gasteiger partial charge is 0.493 e. The summed E-state index contributed by atoms with van der Waals surface area (Å²) in [6, 6.07) is 9.37. The minimum absolute atomic E-state index is 0.114. The molecule has 1 saturated heterocycles. The van der Waals surface area contributed by atoms with E-state index in [-0.39, 0.29) is 5.91 Å². The fourth-order valence-corrected chi connectivity index (χ4v) is 4.15. The van der Waals surface area contributed by atoms with E-state index in [1.807, 2.05) is 54.5 Å². The SMILES string of the molecule is COc1cccc2cc(C(=O)N3CCN(c4cc(-n5cnc(C)c5C)nc(C)n4)CC3)oc12. The number of benzene rings is 1. The van der Waals surface area contributed by atoms with E-state index in [0.29, 0.717) is 49.1 Å². The number of fused-ring (bicyclic) bond motifs is 1. The van der Waals surface area contributed by atoms with Crippen LogP contribution in [-0.2, 0) is 0 Å². The van der Waals surface area contributed by atoms with Gasteiger partial charge in [-0.3, -0.25) is 9.36 Å². The van der Waals surface area contributed by atoms with Gasteiger partial charge < -0.3 is 19.0 Å². The third-order valence-corrected chi connectivity index (χ3v) is 6.14. The number of para-hydroxylation sites is 1. The normalized spacial score (nSPS) is 14.2. The monoisotopic (exact) mass is 446 g/mol. The first-order valence-corrected chi connectivity index (χ1v) is 10.9. The number of imidazole rings is 1. The van der Waals surface area contributed by atoms with Crippen molar-refractivity contribution in [3.8, 4) is 11.6 Å². The Bertz CT molecular complexity index is 1330. The number of ether oxygens (including phenoxy) is 1. The summed E-state index contributed by atoms with van der Waals surface area (Å²) in [5, 5.41) is 0.852. The lowest BCUT2D eigenvalue weighted by Gasteiger charge is -2.35. The molecule has 1 aromatic carbocycles. The van der Waals surface area contributed by atoms with Crippen molar-refractivity contribution in [3.63, 3.8) is 0 Å². The standard InChI is InChI=1S/C24H26N6O3/c1-15-16(2)30(14-25-15)22-13-21(26-17(3)27-22)28-8-10-29(11-9-28)24(31)20-12-18-6-5-7-19(32-4)23(18)33-20/h5-7,12-14H,8-11H2,1-4H3. The van der Waals surface area contributed by atoms with Gasteiger partial charge in [-0.2, -0.15) is 0 Å². The van der Waals surface area contributed by atoms with E-state index in [2.05, 4.69) is 19.9 Å². The molecule has 0 N–H and O–H groups in total. The van der Waals surface area contributed by atoms with Crippen LogP contribution in [0.1, 0.15) is 27.8 Å². The molecule has 0 spiro atoms. The molecule has 170 valence electrons. The predicted octanol–water partition coefficient (Wildman–Crippen LogP) is 3.30. The zero-order chi connectivity index (χ0) is 23.1. The molecule has 1 aliphatic heterocycles. The van der Waals surface area contributed by atoms with Crippen molar-refractivity contribution in [2.24, 2.45) is 0 Å². The summed E-state index contributed by atoms with van der Waals surface area (Å²) in [6.07, 6.45) is 1.79. The van der Waals surface area contributed by atoms with Crippen molar-refractivity contribution in [2.45, 2.75) is 20.8 Å². The fourth-order valence-electron chi connectivity index (χ4n) is 4.15. The van der Waals surface area contributed by atoms with E-state index in [0.717, 1.165) is 28.4 Å². The number of aryl methyl sites for hydroxylation is 2. The molecule has 9 nitrogen and oxygen atoms in total. The number of piperazine rings is 1. The van der Waals surface area contributed by atoms with Crippen molar-refractivity contribution < 1.29 is 13.9 Å². The molecule has 1 fully saturated rings. The first kappa shape index (κ1) is 21.0. The maximum atomic E-state index is 13.1. The molecule has 3 aromatic heterocycles. The van der Waals surface area contributed by atoms with Gasteiger partial charge in [-0.05, 0) is 32.9 Å². The summed E-state index contributed by atoms with van der Waals surface area (Å²) < 4.78 is 13.2. The van der Waals surface area contributed by atoms with Gasteiger partial charge in [0.15, 0.2) is 17.1 Å². The smallest absolute Gasteiger partial charge is 0.289 e. The molecule has 4 aromatic rings. The van der Waals surface area contributed by atoms with Gasteiger partial charge >= 0.3 is 0 Å². The van der Waals surface area contributed by atoms with Crippen LogP contribution < -0.4 is 9.64 Å². The predicted molar refractivity (Wildman–Crippen MR) is 124 cm³/mol.